The third-order valence-corrected chi connectivity index (χ3v) is 9.61. The van der Waals surface area contributed by atoms with Gasteiger partial charge in [-0.05, 0) is 51.4 Å². The smallest absolute Gasteiger partial charge is 0.306 e. The van der Waals surface area contributed by atoms with E-state index in [9.17, 15) is 37.9 Å². The summed E-state index contributed by atoms with van der Waals surface area (Å²) in [6.07, 6.45) is 28.6. The van der Waals surface area contributed by atoms with Crippen molar-refractivity contribution in [2.75, 3.05) is 19.0 Å². The van der Waals surface area contributed by atoms with Gasteiger partial charge in [-0.2, -0.15) is 8.42 Å². The normalized spacial score (nSPS) is 21.5. The van der Waals surface area contributed by atoms with Gasteiger partial charge in [-0.3, -0.25) is 14.1 Å². The number of aliphatic hydroxyl groups excluding tert-OH is 3. The molecule has 316 valence electrons. The number of carbonyl (C=O) groups excluding carboxylic acids is 2. The van der Waals surface area contributed by atoms with Crippen LogP contribution in [0, 0.1) is 0 Å². The van der Waals surface area contributed by atoms with Crippen LogP contribution in [-0.2, 0) is 38.7 Å². The van der Waals surface area contributed by atoms with Gasteiger partial charge in [-0.1, -0.05) is 132 Å². The lowest BCUT2D eigenvalue weighted by Crippen LogP contribution is -2.60. The zero-order chi connectivity index (χ0) is 40.6. The van der Waals surface area contributed by atoms with Gasteiger partial charge in [-0.25, -0.2) is 0 Å². The van der Waals surface area contributed by atoms with Crippen molar-refractivity contribution in [1.82, 2.24) is 0 Å². The first kappa shape index (κ1) is 50.4. The van der Waals surface area contributed by atoms with Crippen LogP contribution in [-0.4, -0.2) is 96.0 Å². The van der Waals surface area contributed by atoms with Crippen LogP contribution in [0.5, 0.6) is 0 Å². The zero-order valence-electron chi connectivity index (χ0n) is 33.3. The molecular weight excluding hydrogens is 729 g/mol. The highest BCUT2D eigenvalue weighted by Gasteiger charge is 2.46. The average Bonchev–Trinajstić information content (AvgIpc) is 3.14. The summed E-state index contributed by atoms with van der Waals surface area (Å²) in [6, 6.07) is 0. The summed E-state index contributed by atoms with van der Waals surface area (Å²) in [5, 5.41) is 30.8. The molecule has 55 heavy (non-hydrogen) atoms. The SMILES string of the molecule is CC/C=C/C/C=C/C/C=C/C/C=C/C/C=C/CCCC(=O)OC[C@H](CO[C@H]1O[C@H](CS(=O)(=O)O)[C@@H](O)C(O)C1O)OC(=O)CCCCCCCCCCCC. The fourth-order valence-electron chi connectivity index (χ4n) is 5.71. The van der Waals surface area contributed by atoms with Crippen molar-refractivity contribution in [2.24, 2.45) is 0 Å². The van der Waals surface area contributed by atoms with E-state index in [4.69, 9.17) is 18.9 Å². The largest absolute Gasteiger partial charge is 0.462 e. The highest BCUT2D eigenvalue weighted by atomic mass is 32.2. The maximum Gasteiger partial charge on any atom is 0.306 e. The van der Waals surface area contributed by atoms with E-state index in [0.717, 1.165) is 51.4 Å². The molecule has 0 aliphatic carbocycles. The fourth-order valence-corrected chi connectivity index (χ4v) is 6.40. The Hall–Kier alpha value is -2.65. The summed E-state index contributed by atoms with van der Waals surface area (Å²) in [7, 11) is -4.60. The second kappa shape index (κ2) is 32.4. The summed E-state index contributed by atoms with van der Waals surface area (Å²) in [5.74, 6) is -2.07. The Bertz CT molecular complexity index is 1260. The van der Waals surface area contributed by atoms with E-state index < -0.39 is 71.2 Å². The number of unbranched alkanes of at least 4 members (excludes halogenated alkanes) is 10. The highest BCUT2D eigenvalue weighted by molar-refractivity contribution is 7.85. The molecule has 0 bridgehead atoms. The first-order valence-electron chi connectivity index (χ1n) is 20.3. The van der Waals surface area contributed by atoms with Crippen molar-refractivity contribution in [3.63, 3.8) is 0 Å². The number of allylic oxidation sites excluding steroid dienone is 10. The minimum absolute atomic E-state index is 0.139. The fraction of sp³-hybridized carbons (Fsp3) is 0.714. The van der Waals surface area contributed by atoms with E-state index >= 15 is 0 Å². The molecule has 13 heteroatoms. The summed E-state index contributed by atoms with van der Waals surface area (Å²) in [6.45, 7) is 3.55. The molecule has 1 saturated heterocycles. The predicted octanol–water partition coefficient (Wildman–Crippen LogP) is 7.39. The van der Waals surface area contributed by atoms with E-state index in [-0.39, 0.29) is 19.4 Å². The highest BCUT2D eigenvalue weighted by Crippen LogP contribution is 2.24. The second-order valence-electron chi connectivity index (χ2n) is 13.9. The van der Waals surface area contributed by atoms with Crippen LogP contribution < -0.4 is 0 Å². The first-order chi connectivity index (χ1) is 26.5. The van der Waals surface area contributed by atoms with Gasteiger partial charge >= 0.3 is 11.9 Å². The number of esters is 2. The van der Waals surface area contributed by atoms with E-state index in [2.05, 4.69) is 62.5 Å². The lowest BCUT2D eigenvalue weighted by molar-refractivity contribution is -0.297. The topological polar surface area (TPSA) is 186 Å². The lowest BCUT2D eigenvalue weighted by Gasteiger charge is -2.40. The van der Waals surface area contributed by atoms with Gasteiger partial charge < -0.3 is 34.3 Å². The lowest BCUT2D eigenvalue weighted by atomic mass is 10.00. The van der Waals surface area contributed by atoms with E-state index in [1.165, 1.54) is 38.5 Å². The van der Waals surface area contributed by atoms with Crippen LogP contribution in [0.1, 0.15) is 136 Å². The van der Waals surface area contributed by atoms with Crippen LogP contribution >= 0.6 is 0 Å². The van der Waals surface area contributed by atoms with Crippen LogP contribution in [0.25, 0.3) is 0 Å². The molecule has 12 nitrogen and oxygen atoms in total. The second-order valence-corrected chi connectivity index (χ2v) is 15.4. The van der Waals surface area contributed by atoms with E-state index in [1.807, 2.05) is 12.2 Å². The van der Waals surface area contributed by atoms with Gasteiger partial charge in [-0.15, -0.1) is 0 Å². The average molecular weight is 799 g/mol. The van der Waals surface area contributed by atoms with Crippen molar-refractivity contribution in [3.8, 4) is 0 Å². The molecule has 0 spiro atoms. The Morgan fingerprint density at radius 3 is 1.69 bits per heavy atom. The summed E-state index contributed by atoms with van der Waals surface area (Å²) in [5.41, 5.74) is 0. The van der Waals surface area contributed by atoms with Crippen molar-refractivity contribution < 1.29 is 56.8 Å². The molecule has 1 fully saturated rings. The van der Waals surface area contributed by atoms with Crippen LogP contribution in [0.4, 0.5) is 0 Å². The first-order valence-corrected chi connectivity index (χ1v) is 22.0. The van der Waals surface area contributed by atoms with Gasteiger partial charge in [0, 0.05) is 12.8 Å². The van der Waals surface area contributed by atoms with Crippen LogP contribution in [0.3, 0.4) is 0 Å². The van der Waals surface area contributed by atoms with Crippen molar-refractivity contribution >= 4 is 22.1 Å². The molecule has 0 aromatic rings. The Balaban J connectivity index is 2.53. The van der Waals surface area contributed by atoms with Gasteiger partial charge in [0.1, 0.15) is 36.8 Å². The third-order valence-electron chi connectivity index (χ3n) is 8.86. The molecule has 0 amide bonds. The maximum absolute atomic E-state index is 12.7. The Labute approximate surface area is 330 Å². The number of carbonyl (C=O) groups is 2. The Kier molecular flexibility index (Phi) is 29.7. The zero-order valence-corrected chi connectivity index (χ0v) is 34.1. The molecule has 1 heterocycles. The maximum atomic E-state index is 12.7. The van der Waals surface area contributed by atoms with Gasteiger partial charge in [0.15, 0.2) is 12.4 Å². The molecule has 1 aliphatic rings. The molecular formula is C42H70O12S. The molecule has 4 N–H and O–H groups in total. The monoisotopic (exact) mass is 798 g/mol. The number of aliphatic hydroxyl groups is 3. The molecule has 0 aromatic heterocycles. The van der Waals surface area contributed by atoms with Crippen LogP contribution in [0.2, 0.25) is 0 Å². The third kappa shape index (κ3) is 27.6. The minimum atomic E-state index is -4.60. The molecule has 0 radical (unpaired) electrons. The molecule has 2 unspecified atom stereocenters. The van der Waals surface area contributed by atoms with E-state index in [0.29, 0.717) is 19.3 Å². The van der Waals surface area contributed by atoms with E-state index in [1.54, 1.807) is 0 Å². The van der Waals surface area contributed by atoms with Crippen molar-refractivity contribution in [3.05, 3.63) is 60.8 Å². The van der Waals surface area contributed by atoms with Gasteiger partial charge in [0.2, 0.25) is 0 Å². The summed E-state index contributed by atoms with van der Waals surface area (Å²) >= 11 is 0. The van der Waals surface area contributed by atoms with Gasteiger partial charge in [0.25, 0.3) is 10.1 Å². The summed E-state index contributed by atoms with van der Waals surface area (Å²) in [4.78, 5) is 25.2. The number of hydrogen-bond donors (Lipinski definition) is 4. The van der Waals surface area contributed by atoms with Crippen molar-refractivity contribution in [2.45, 2.75) is 173 Å². The Morgan fingerprint density at radius 1 is 0.636 bits per heavy atom. The quantitative estimate of drug-likeness (QED) is 0.0229. The molecule has 1 rings (SSSR count). The predicted molar refractivity (Wildman–Crippen MR) is 215 cm³/mol. The number of ether oxygens (including phenoxy) is 4. The standard InChI is InChI=1S/C42H70O12S/c1-3-5-7-9-11-13-15-16-17-18-19-20-21-23-24-26-28-30-37(43)51-32-35(53-38(44)31-29-27-25-22-14-12-10-8-6-4-2)33-52-42-41(47)40(46)39(45)36(54-42)34-55(48,49)50/h5,7,11,13,16-17,19-20,23-24,35-36,39-42,45-47H,3-4,6,8-10,12,14-15,18,21-22,25-34H2,1-2H3,(H,48,49,50)/b7-5+,13-11+,17-16+,20-19+,24-23+/t35-,36-,39-,40?,41?,42+/m1/s1. The molecule has 0 aromatic carbocycles. The van der Waals surface area contributed by atoms with Crippen LogP contribution in [0.15, 0.2) is 60.8 Å². The Morgan fingerprint density at radius 2 is 1.15 bits per heavy atom. The minimum Gasteiger partial charge on any atom is -0.462 e. The summed E-state index contributed by atoms with van der Waals surface area (Å²) < 4.78 is 53.8. The van der Waals surface area contributed by atoms with Crippen molar-refractivity contribution in [1.29, 1.82) is 0 Å². The molecule has 1 aliphatic heterocycles. The molecule has 0 saturated carbocycles. The number of rotatable bonds is 32. The number of hydrogen-bond acceptors (Lipinski definition) is 11. The van der Waals surface area contributed by atoms with Gasteiger partial charge in [0.05, 0.1) is 6.61 Å². The molecule has 6 atom stereocenters.